The number of aromatic nitrogens is 5. The Balaban J connectivity index is 1.30. The molecule has 6 heterocycles. The molecule has 2 saturated carbocycles. The number of carbonyl (C=O) groups excluding carboxylic acids is 1. The summed E-state index contributed by atoms with van der Waals surface area (Å²) in [7, 11) is 0. The number of pyridine rings is 1. The molecular weight excluding hydrogens is 662 g/mol. The van der Waals surface area contributed by atoms with E-state index in [2.05, 4.69) is 37.0 Å². The molecule has 250 valence electrons. The Morgan fingerprint density at radius 2 is 2.00 bits per heavy atom. The largest absolute Gasteiger partial charge is 0.337 e. The number of amides is 1. The second-order valence-electron chi connectivity index (χ2n) is 14.2. The Morgan fingerprint density at radius 1 is 1.16 bits per heavy atom. The van der Waals surface area contributed by atoms with Gasteiger partial charge in [-0.15, -0.1) is 0 Å². The van der Waals surface area contributed by atoms with Crippen molar-refractivity contribution in [2.75, 3.05) is 13.1 Å². The van der Waals surface area contributed by atoms with Crippen LogP contribution in [0.3, 0.4) is 0 Å². The van der Waals surface area contributed by atoms with Crippen molar-refractivity contribution in [2.45, 2.75) is 76.5 Å². The molecule has 10 rings (SSSR count). The number of halogens is 3. The number of benzene rings is 2. The maximum atomic E-state index is 17.1. The molecule has 1 amide bonds. The summed E-state index contributed by atoms with van der Waals surface area (Å²) in [6.07, 6.45) is 5.96. The third kappa shape index (κ3) is 4.80. The molecule has 2 aromatic carbocycles. The van der Waals surface area contributed by atoms with E-state index in [1.807, 2.05) is 24.6 Å². The molecule has 5 atom stereocenters. The zero-order chi connectivity index (χ0) is 33.7. The summed E-state index contributed by atoms with van der Waals surface area (Å²) >= 11 is 13.1. The van der Waals surface area contributed by atoms with E-state index in [1.165, 1.54) is 0 Å². The van der Waals surface area contributed by atoms with Gasteiger partial charge in [0, 0.05) is 64.8 Å². The lowest BCUT2D eigenvalue weighted by molar-refractivity contribution is -0.133. The number of rotatable bonds is 7. The van der Waals surface area contributed by atoms with Crippen LogP contribution in [0.1, 0.15) is 73.0 Å². The summed E-state index contributed by atoms with van der Waals surface area (Å²) in [5.74, 6) is 0.921. The summed E-state index contributed by atoms with van der Waals surface area (Å²) in [5, 5.41) is 20.2. The predicted molar refractivity (Wildman–Crippen MR) is 186 cm³/mol. The van der Waals surface area contributed by atoms with Crippen LogP contribution in [-0.2, 0) is 11.2 Å². The molecule has 1 N–H and O–H groups in total. The molecule has 5 aliphatic rings. The van der Waals surface area contributed by atoms with Gasteiger partial charge >= 0.3 is 0 Å². The van der Waals surface area contributed by atoms with E-state index in [0.29, 0.717) is 58.2 Å². The first-order chi connectivity index (χ1) is 23.7. The predicted octanol–water partition coefficient (Wildman–Crippen LogP) is 7.42. The number of nitrogens with zero attached hydrogens (tertiary/aromatic N) is 7. The first-order valence-electron chi connectivity index (χ1n) is 17.1. The highest BCUT2D eigenvalue weighted by molar-refractivity contribution is 6.43. The molecule has 3 saturated heterocycles. The summed E-state index contributed by atoms with van der Waals surface area (Å²) in [4.78, 5) is 25.3. The molecule has 0 spiro atoms. The molecule has 3 aromatic heterocycles. The third-order valence-corrected chi connectivity index (χ3v) is 12.1. The Labute approximate surface area is 293 Å². The highest BCUT2D eigenvalue weighted by atomic mass is 35.5. The number of hydrogen-bond acceptors (Lipinski definition) is 6. The second-order valence-corrected chi connectivity index (χ2v) is 15.0. The fourth-order valence-corrected chi connectivity index (χ4v) is 9.13. The first kappa shape index (κ1) is 31.0. The molecule has 5 fully saturated rings. The Kier molecular flexibility index (Phi) is 7.28. The van der Waals surface area contributed by atoms with E-state index in [1.54, 1.807) is 24.5 Å². The second kappa shape index (κ2) is 11.5. The molecule has 12 heteroatoms. The van der Waals surface area contributed by atoms with Crippen molar-refractivity contribution in [1.82, 2.24) is 34.5 Å². The number of nitriles is 1. The summed E-state index contributed by atoms with van der Waals surface area (Å²) in [6.45, 7) is 5.30. The number of carbonyl (C=O) groups is 1. The molecule has 3 aliphatic heterocycles. The molecule has 0 radical (unpaired) electrons. The van der Waals surface area contributed by atoms with E-state index in [9.17, 15) is 10.1 Å². The van der Waals surface area contributed by atoms with Crippen molar-refractivity contribution >= 4 is 50.9 Å². The molecule has 2 aliphatic carbocycles. The fraction of sp³-hybridized carbons (Fsp3) is 0.432. The van der Waals surface area contributed by atoms with Crippen molar-refractivity contribution in [2.24, 2.45) is 11.8 Å². The standard InChI is InChI=1S/C37H35Cl2FN8O/c1-18-25-14-30(29-13-23(47-17-43-19(2)45-47)16-46(29)37(49)20-8-9-20)48(35-22-12-28(35)42-15-22)36(25)26-11-21(5-4-10-41)31(33(40)34(26)44-18)24-6-3-7-27(38)32(24)39/h3,6-7,11,14,17,20,22-23,28-29,35,42H,4-5,8-9,12-13,15-16H2,1-2H3/t22-,23+,28-,29-,35+/m1/s1. The van der Waals surface area contributed by atoms with Crippen LogP contribution in [0, 0.1) is 42.8 Å². The Morgan fingerprint density at radius 3 is 2.69 bits per heavy atom. The minimum Gasteiger partial charge on any atom is -0.337 e. The highest BCUT2D eigenvalue weighted by Crippen LogP contribution is 2.52. The topological polar surface area (TPSA) is 105 Å². The van der Waals surface area contributed by atoms with Gasteiger partial charge in [-0.3, -0.25) is 4.79 Å². The lowest BCUT2D eigenvalue weighted by Gasteiger charge is -2.39. The van der Waals surface area contributed by atoms with Crippen molar-refractivity contribution < 1.29 is 9.18 Å². The Bertz CT molecular complexity index is 2220. The van der Waals surface area contributed by atoms with Gasteiger partial charge in [0.15, 0.2) is 5.82 Å². The van der Waals surface area contributed by atoms with Crippen molar-refractivity contribution in [3.8, 4) is 17.2 Å². The molecule has 0 unspecified atom stereocenters. The quantitative estimate of drug-likeness (QED) is 0.190. The van der Waals surface area contributed by atoms with Gasteiger partial charge < -0.3 is 14.8 Å². The summed E-state index contributed by atoms with van der Waals surface area (Å²) in [6, 6.07) is 11.9. The van der Waals surface area contributed by atoms with E-state index >= 15 is 4.39 Å². The lowest BCUT2D eigenvalue weighted by Crippen LogP contribution is -2.41. The maximum Gasteiger partial charge on any atom is 0.226 e. The highest BCUT2D eigenvalue weighted by Gasteiger charge is 2.51. The normalized spacial score (nSPS) is 24.6. The fourth-order valence-electron chi connectivity index (χ4n) is 8.73. The average Bonchev–Trinajstić information content (AvgIpc) is 3.54. The number of hydrogen-bond donors (Lipinski definition) is 1. The van der Waals surface area contributed by atoms with Crippen LogP contribution in [0.5, 0.6) is 0 Å². The summed E-state index contributed by atoms with van der Waals surface area (Å²) in [5.41, 5.74) is 4.46. The van der Waals surface area contributed by atoms with E-state index < -0.39 is 5.82 Å². The van der Waals surface area contributed by atoms with Gasteiger partial charge in [-0.2, -0.15) is 10.4 Å². The number of aryl methyl sites for hydroxylation is 3. The first-order valence-corrected chi connectivity index (χ1v) is 17.9. The molecule has 2 bridgehead atoms. The van der Waals surface area contributed by atoms with Crippen LogP contribution in [-0.4, -0.2) is 54.3 Å². The number of likely N-dealkylation sites (tertiary alicyclic amines) is 1. The van der Waals surface area contributed by atoms with Crippen LogP contribution >= 0.6 is 23.2 Å². The van der Waals surface area contributed by atoms with Crippen molar-refractivity contribution in [1.29, 1.82) is 5.26 Å². The van der Waals surface area contributed by atoms with E-state index in [4.69, 9.17) is 28.2 Å². The monoisotopic (exact) mass is 696 g/mol. The van der Waals surface area contributed by atoms with Crippen molar-refractivity contribution in [3.63, 3.8) is 0 Å². The number of fused-ring (bicyclic) bond motifs is 4. The van der Waals surface area contributed by atoms with Gasteiger partial charge in [-0.25, -0.2) is 19.0 Å². The molecule has 9 nitrogen and oxygen atoms in total. The molecule has 5 aromatic rings. The van der Waals surface area contributed by atoms with Gasteiger partial charge in [-0.1, -0.05) is 35.3 Å². The van der Waals surface area contributed by atoms with Crippen LogP contribution in [0.15, 0.2) is 36.7 Å². The van der Waals surface area contributed by atoms with E-state index in [0.717, 1.165) is 48.1 Å². The van der Waals surface area contributed by atoms with Gasteiger partial charge in [0.1, 0.15) is 17.7 Å². The maximum absolute atomic E-state index is 17.1. The molecular formula is C37H35Cl2FN8O. The van der Waals surface area contributed by atoms with Crippen LogP contribution < -0.4 is 5.32 Å². The average molecular weight is 698 g/mol. The van der Waals surface area contributed by atoms with Crippen LogP contribution in [0.4, 0.5) is 4.39 Å². The van der Waals surface area contributed by atoms with Gasteiger partial charge in [-0.05, 0) is 75.6 Å². The minimum absolute atomic E-state index is 0.00685. The smallest absolute Gasteiger partial charge is 0.226 e. The summed E-state index contributed by atoms with van der Waals surface area (Å²) < 4.78 is 21.5. The minimum atomic E-state index is -0.475. The Hall–Kier alpha value is -4.04. The lowest BCUT2D eigenvalue weighted by atomic mass is 9.79. The van der Waals surface area contributed by atoms with Gasteiger partial charge in [0.2, 0.25) is 5.91 Å². The van der Waals surface area contributed by atoms with Gasteiger partial charge in [0.05, 0.1) is 39.8 Å². The third-order valence-electron chi connectivity index (χ3n) is 11.3. The number of nitrogens with one attached hydrogen (secondary N) is 1. The van der Waals surface area contributed by atoms with Crippen molar-refractivity contribution in [3.05, 3.63) is 75.3 Å². The van der Waals surface area contributed by atoms with E-state index in [-0.39, 0.29) is 53.0 Å². The zero-order valence-electron chi connectivity index (χ0n) is 27.3. The van der Waals surface area contributed by atoms with Crippen LogP contribution in [0.25, 0.3) is 32.9 Å². The zero-order valence-corrected chi connectivity index (χ0v) is 28.8. The molecule has 49 heavy (non-hydrogen) atoms. The SMILES string of the molecule is Cc1ncn([C@H]2C[C@H](c3cc4c(C)nc5c(F)c(-c6cccc(Cl)c6Cl)c(CCC#N)cc5c4n3[C@H]3[C@H]4CN[C@@H]3C4)N(C(=O)C3CC3)C2)n1. The van der Waals surface area contributed by atoms with Gasteiger partial charge in [0.25, 0.3) is 0 Å². The van der Waals surface area contributed by atoms with Crippen LogP contribution in [0.2, 0.25) is 10.0 Å².